The molecular weight excluding hydrogens is 244 g/mol. The summed E-state index contributed by atoms with van der Waals surface area (Å²) in [7, 11) is 0. The first-order valence-corrected chi connectivity index (χ1v) is 6.45. The largest absolute Gasteiger partial charge is 0.478 e. The zero-order chi connectivity index (χ0) is 14.0. The number of carboxylic acid groups (broad SMARTS) is 1. The number of nitrogens with one attached hydrogen (secondary N) is 1. The summed E-state index contributed by atoms with van der Waals surface area (Å²) < 4.78 is 1.62. The average Bonchev–Trinajstić information content (AvgIpc) is 2.64. The summed E-state index contributed by atoms with van der Waals surface area (Å²) in [4.78, 5) is 25.6. The van der Waals surface area contributed by atoms with E-state index >= 15 is 0 Å². The molecular formula is C14H18N2O3. The van der Waals surface area contributed by atoms with E-state index in [-0.39, 0.29) is 11.3 Å². The number of benzene rings is 1. The number of imidazole rings is 1. The molecule has 0 amide bonds. The van der Waals surface area contributed by atoms with E-state index in [1.807, 2.05) is 0 Å². The van der Waals surface area contributed by atoms with Gasteiger partial charge in [0, 0.05) is 6.54 Å². The third-order valence-corrected chi connectivity index (χ3v) is 3.19. The maximum Gasteiger partial charge on any atom is 0.335 e. The van der Waals surface area contributed by atoms with Crippen LogP contribution < -0.4 is 5.69 Å². The number of carbonyl (C=O) groups is 1. The van der Waals surface area contributed by atoms with E-state index < -0.39 is 5.97 Å². The van der Waals surface area contributed by atoms with E-state index in [0.29, 0.717) is 23.5 Å². The molecule has 0 unspecified atom stereocenters. The van der Waals surface area contributed by atoms with E-state index in [4.69, 9.17) is 5.11 Å². The molecule has 19 heavy (non-hydrogen) atoms. The molecule has 0 spiro atoms. The van der Waals surface area contributed by atoms with Crippen LogP contribution in [0.25, 0.3) is 11.0 Å². The third kappa shape index (κ3) is 2.86. The van der Waals surface area contributed by atoms with Gasteiger partial charge in [-0.15, -0.1) is 0 Å². The highest BCUT2D eigenvalue weighted by molar-refractivity contribution is 5.92. The fraction of sp³-hybridized carbons (Fsp3) is 0.429. The maximum atomic E-state index is 11.9. The monoisotopic (exact) mass is 262 g/mol. The van der Waals surface area contributed by atoms with Crippen LogP contribution in [0.4, 0.5) is 0 Å². The minimum Gasteiger partial charge on any atom is -0.478 e. The van der Waals surface area contributed by atoms with Crippen molar-refractivity contribution in [2.45, 2.75) is 33.2 Å². The van der Waals surface area contributed by atoms with Gasteiger partial charge in [-0.25, -0.2) is 9.59 Å². The van der Waals surface area contributed by atoms with Gasteiger partial charge in [-0.1, -0.05) is 13.8 Å². The molecule has 0 radical (unpaired) electrons. The van der Waals surface area contributed by atoms with E-state index in [1.165, 1.54) is 6.07 Å². The normalized spacial score (nSPS) is 11.3. The van der Waals surface area contributed by atoms with Crippen LogP contribution in [0.5, 0.6) is 0 Å². The Balaban J connectivity index is 2.36. The lowest BCUT2D eigenvalue weighted by molar-refractivity contribution is 0.0697. The molecule has 5 nitrogen and oxygen atoms in total. The van der Waals surface area contributed by atoms with Crippen molar-refractivity contribution in [3.05, 3.63) is 34.2 Å². The second-order valence-electron chi connectivity index (χ2n) is 5.15. The number of aromatic carboxylic acids is 1. The van der Waals surface area contributed by atoms with Crippen LogP contribution in [0, 0.1) is 5.92 Å². The Bertz CT molecular complexity index is 652. The summed E-state index contributed by atoms with van der Waals surface area (Å²) >= 11 is 0. The highest BCUT2D eigenvalue weighted by atomic mass is 16.4. The van der Waals surface area contributed by atoms with Gasteiger partial charge in [0.2, 0.25) is 0 Å². The van der Waals surface area contributed by atoms with E-state index in [0.717, 1.165) is 12.8 Å². The Labute approximate surface area is 110 Å². The number of hydrogen-bond acceptors (Lipinski definition) is 2. The van der Waals surface area contributed by atoms with Crippen molar-refractivity contribution in [1.82, 2.24) is 9.55 Å². The smallest absolute Gasteiger partial charge is 0.335 e. The summed E-state index contributed by atoms with van der Waals surface area (Å²) in [5.41, 5.74) is 1.36. The predicted octanol–water partition coefficient (Wildman–Crippen LogP) is 2.46. The van der Waals surface area contributed by atoms with Crippen molar-refractivity contribution in [1.29, 1.82) is 0 Å². The molecule has 102 valence electrons. The molecule has 0 aliphatic heterocycles. The minimum atomic E-state index is -0.982. The molecule has 0 fully saturated rings. The van der Waals surface area contributed by atoms with Crippen molar-refractivity contribution < 1.29 is 9.90 Å². The van der Waals surface area contributed by atoms with Gasteiger partial charge in [-0.2, -0.15) is 0 Å². The zero-order valence-electron chi connectivity index (χ0n) is 11.1. The van der Waals surface area contributed by atoms with Crippen LogP contribution in [0.1, 0.15) is 37.0 Å². The van der Waals surface area contributed by atoms with Crippen molar-refractivity contribution in [2.75, 3.05) is 0 Å². The molecule has 5 heteroatoms. The van der Waals surface area contributed by atoms with Gasteiger partial charge >= 0.3 is 11.7 Å². The molecule has 0 bridgehead atoms. The first-order chi connectivity index (χ1) is 8.99. The molecule has 0 aliphatic rings. The van der Waals surface area contributed by atoms with E-state index in [9.17, 15) is 9.59 Å². The van der Waals surface area contributed by atoms with Crippen LogP contribution >= 0.6 is 0 Å². The Morgan fingerprint density at radius 2 is 2.16 bits per heavy atom. The molecule has 1 heterocycles. The number of rotatable bonds is 5. The first kappa shape index (κ1) is 13.4. The summed E-state index contributed by atoms with van der Waals surface area (Å²) in [6.07, 6.45) is 1.94. The zero-order valence-corrected chi connectivity index (χ0v) is 11.1. The second kappa shape index (κ2) is 5.30. The summed E-state index contributed by atoms with van der Waals surface area (Å²) in [6.45, 7) is 4.89. The standard InChI is InChI=1S/C14H18N2O3/c1-9(2)4-3-7-16-12-8-10(13(17)18)5-6-11(12)15-14(16)19/h5-6,8-9H,3-4,7H2,1-2H3,(H,15,19)(H,17,18). The maximum absolute atomic E-state index is 11.9. The first-order valence-electron chi connectivity index (χ1n) is 6.45. The molecule has 0 aliphatic carbocycles. The summed E-state index contributed by atoms with van der Waals surface area (Å²) in [6, 6.07) is 4.68. The topological polar surface area (TPSA) is 75.1 Å². The molecule has 1 aromatic carbocycles. The van der Waals surface area contributed by atoms with Crippen molar-refractivity contribution >= 4 is 17.0 Å². The average molecular weight is 262 g/mol. The van der Waals surface area contributed by atoms with Gasteiger partial charge in [0.05, 0.1) is 16.6 Å². The van der Waals surface area contributed by atoms with Crippen LogP contribution in [0.3, 0.4) is 0 Å². The number of carboxylic acids is 1. The second-order valence-corrected chi connectivity index (χ2v) is 5.15. The van der Waals surface area contributed by atoms with Gasteiger partial charge in [-0.05, 0) is 37.0 Å². The molecule has 0 atom stereocenters. The highest BCUT2D eigenvalue weighted by Gasteiger charge is 2.10. The number of nitrogens with zero attached hydrogens (tertiary/aromatic N) is 1. The van der Waals surface area contributed by atoms with Crippen LogP contribution in [0.2, 0.25) is 0 Å². The van der Waals surface area contributed by atoms with E-state index in [1.54, 1.807) is 16.7 Å². The summed E-state index contributed by atoms with van der Waals surface area (Å²) in [5.74, 6) is -0.389. The number of aromatic amines is 1. The van der Waals surface area contributed by atoms with Crippen LogP contribution in [0.15, 0.2) is 23.0 Å². The van der Waals surface area contributed by atoms with E-state index in [2.05, 4.69) is 18.8 Å². The fourth-order valence-electron chi connectivity index (χ4n) is 2.17. The van der Waals surface area contributed by atoms with Gasteiger partial charge < -0.3 is 10.1 Å². The highest BCUT2D eigenvalue weighted by Crippen LogP contribution is 2.14. The SMILES string of the molecule is CC(C)CCCn1c(=O)[nH]c2ccc(C(=O)O)cc21. The molecule has 1 aromatic heterocycles. The van der Waals surface area contributed by atoms with Crippen LogP contribution in [-0.4, -0.2) is 20.6 Å². The van der Waals surface area contributed by atoms with Crippen molar-refractivity contribution in [2.24, 2.45) is 5.92 Å². The number of fused-ring (bicyclic) bond motifs is 1. The lowest BCUT2D eigenvalue weighted by atomic mass is 10.1. The summed E-state index contributed by atoms with van der Waals surface area (Å²) in [5, 5.41) is 8.99. The van der Waals surface area contributed by atoms with Gasteiger partial charge in [0.1, 0.15) is 0 Å². The lowest BCUT2D eigenvalue weighted by Crippen LogP contribution is -2.17. The van der Waals surface area contributed by atoms with Crippen LogP contribution in [-0.2, 0) is 6.54 Å². The minimum absolute atomic E-state index is 0.179. The third-order valence-electron chi connectivity index (χ3n) is 3.19. The van der Waals surface area contributed by atoms with Crippen molar-refractivity contribution in [3.63, 3.8) is 0 Å². The Hall–Kier alpha value is -2.04. The Morgan fingerprint density at radius 1 is 1.42 bits per heavy atom. The molecule has 0 saturated heterocycles. The number of hydrogen-bond donors (Lipinski definition) is 2. The molecule has 0 saturated carbocycles. The fourth-order valence-corrected chi connectivity index (χ4v) is 2.17. The number of H-pyrrole nitrogens is 1. The quantitative estimate of drug-likeness (QED) is 0.869. The Kier molecular flexibility index (Phi) is 3.74. The predicted molar refractivity (Wildman–Crippen MR) is 73.6 cm³/mol. The molecule has 2 rings (SSSR count). The van der Waals surface area contributed by atoms with Gasteiger partial charge in [0.25, 0.3) is 0 Å². The Morgan fingerprint density at radius 3 is 2.79 bits per heavy atom. The number of aromatic nitrogens is 2. The van der Waals surface area contributed by atoms with Crippen molar-refractivity contribution in [3.8, 4) is 0 Å². The van der Waals surface area contributed by atoms with Gasteiger partial charge in [0.15, 0.2) is 0 Å². The number of aryl methyl sites for hydroxylation is 1. The van der Waals surface area contributed by atoms with Gasteiger partial charge in [-0.3, -0.25) is 4.57 Å². The molecule has 2 N–H and O–H groups in total. The molecule has 2 aromatic rings. The lowest BCUT2D eigenvalue weighted by Gasteiger charge is -2.06.